The van der Waals surface area contributed by atoms with Crippen molar-refractivity contribution in [2.75, 3.05) is 26.2 Å². The van der Waals surface area contributed by atoms with Gasteiger partial charge >= 0.3 is 12.0 Å². The summed E-state index contributed by atoms with van der Waals surface area (Å²) >= 11 is 0. The minimum Gasteiger partial charge on any atom is -0.481 e. The van der Waals surface area contributed by atoms with Crippen molar-refractivity contribution < 1.29 is 19.4 Å². The number of carboxylic acid groups (broad SMARTS) is 1. The van der Waals surface area contributed by atoms with Crippen LogP contribution in [-0.2, 0) is 9.53 Å². The number of nitrogens with one attached hydrogen (secondary N) is 1. The van der Waals surface area contributed by atoms with Crippen LogP contribution in [-0.4, -0.2) is 54.4 Å². The summed E-state index contributed by atoms with van der Waals surface area (Å²) in [4.78, 5) is 24.1. The third-order valence-electron chi connectivity index (χ3n) is 3.01. The molecule has 1 fully saturated rings. The highest BCUT2D eigenvalue weighted by Crippen LogP contribution is 2.08. The fraction of sp³-hybridized carbons (Fsp3) is 0.833. The van der Waals surface area contributed by atoms with Crippen LogP contribution in [0.4, 0.5) is 4.79 Å². The van der Waals surface area contributed by atoms with E-state index in [1.807, 2.05) is 13.8 Å². The van der Waals surface area contributed by atoms with E-state index in [0.717, 1.165) is 6.42 Å². The number of morpholine rings is 1. The van der Waals surface area contributed by atoms with E-state index in [4.69, 9.17) is 9.84 Å². The van der Waals surface area contributed by atoms with Gasteiger partial charge < -0.3 is 20.1 Å². The molecule has 1 saturated heterocycles. The Morgan fingerprint density at radius 3 is 2.89 bits per heavy atom. The molecule has 1 heterocycles. The fourth-order valence-corrected chi connectivity index (χ4v) is 1.89. The van der Waals surface area contributed by atoms with Crippen LogP contribution in [0.5, 0.6) is 0 Å². The second-order valence-corrected chi connectivity index (χ2v) is 4.74. The number of nitrogens with zero attached hydrogens (tertiary/aromatic N) is 1. The Morgan fingerprint density at radius 2 is 2.28 bits per heavy atom. The number of carboxylic acids is 1. The van der Waals surface area contributed by atoms with Crippen LogP contribution in [0.2, 0.25) is 0 Å². The molecule has 6 heteroatoms. The maximum Gasteiger partial charge on any atom is 0.317 e. The lowest BCUT2D eigenvalue weighted by atomic mass is 10.1. The summed E-state index contributed by atoms with van der Waals surface area (Å²) < 4.78 is 5.49. The standard InChI is InChI=1S/C12H22N2O4/c1-3-10-8-14(4-5-18-10)12(17)13-7-9(2)6-11(15)16/h9-10H,3-8H2,1-2H3,(H,13,17)(H,15,16). The lowest BCUT2D eigenvalue weighted by Crippen LogP contribution is -2.50. The summed E-state index contributed by atoms with van der Waals surface area (Å²) in [6, 6.07) is -0.131. The van der Waals surface area contributed by atoms with Gasteiger partial charge in [0.25, 0.3) is 0 Å². The second-order valence-electron chi connectivity index (χ2n) is 4.74. The summed E-state index contributed by atoms with van der Waals surface area (Å²) in [5.41, 5.74) is 0. The Bertz CT molecular complexity index is 296. The smallest absolute Gasteiger partial charge is 0.317 e. The van der Waals surface area contributed by atoms with Crippen LogP contribution >= 0.6 is 0 Å². The number of ether oxygens (including phenoxy) is 1. The second kappa shape index (κ2) is 7.20. The summed E-state index contributed by atoms with van der Waals surface area (Å²) in [7, 11) is 0. The third-order valence-corrected chi connectivity index (χ3v) is 3.01. The van der Waals surface area contributed by atoms with Crippen LogP contribution in [0.3, 0.4) is 0 Å². The van der Waals surface area contributed by atoms with Gasteiger partial charge in [-0.25, -0.2) is 4.79 Å². The SMILES string of the molecule is CCC1CN(C(=O)NCC(C)CC(=O)O)CCO1. The molecule has 0 aromatic heterocycles. The topological polar surface area (TPSA) is 78.9 Å². The normalized spacial score (nSPS) is 21.4. The molecule has 0 aromatic carbocycles. The zero-order valence-corrected chi connectivity index (χ0v) is 11.0. The van der Waals surface area contributed by atoms with E-state index < -0.39 is 5.97 Å². The minimum absolute atomic E-state index is 0.0607. The molecule has 18 heavy (non-hydrogen) atoms. The lowest BCUT2D eigenvalue weighted by Gasteiger charge is -2.32. The molecule has 2 unspecified atom stereocenters. The fourth-order valence-electron chi connectivity index (χ4n) is 1.89. The molecular weight excluding hydrogens is 236 g/mol. The van der Waals surface area contributed by atoms with Crippen molar-refractivity contribution >= 4 is 12.0 Å². The van der Waals surface area contributed by atoms with E-state index in [-0.39, 0.29) is 24.5 Å². The first-order valence-corrected chi connectivity index (χ1v) is 6.39. The van der Waals surface area contributed by atoms with Crippen molar-refractivity contribution in [1.82, 2.24) is 10.2 Å². The van der Waals surface area contributed by atoms with Gasteiger partial charge in [0, 0.05) is 26.1 Å². The highest BCUT2D eigenvalue weighted by atomic mass is 16.5. The van der Waals surface area contributed by atoms with Crippen LogP contribution in [0.1, 0.15) is 26.7 Å². The quantitative estimate of drug-likeness (QED) is 0.768. The minimum atomic E-state index is -0.839. The van der Waals surface area contributed by atoms with Gasteiger partial charge in [0.05, 0.1) is 12.7 Å². The molecule has 2 atom stereocenters. The van der Waals surface area contributed by atoms with E-state index in [0.29, 0.717) is 26.2 Å². The van der Waals surface area contributed by atoms with Gasteiger partial charge in [-0.3, -0.25) is 4.79 Å². The molecule has 0 aliphatic carbocycles. The van der Waals surface area contributed by atoms with E-state index in [9.17, 15) is 9.59 Å². The van der Waals surface area contributed by atoms with Gasteiger partial charge in [-0.2, -0.15) is 0 Å². The average molecular weight is 258 g/mol. The first-order valence-electron chi connectivity index (χ1n) is 6.39. The molecule has 0 saturated carbocycles. The maximum absolute atomic E-state index is 11.9. The van der Waals surface area contributed by atoms with E-state index in [2.05, 4.69) is 5.32 Å². The van der Waals surface area contributed by atoms with Crippen molar-refractivity contribution in [3.8, 4) is 0 Å². The summed E-state index contributed by atoms with van der Waals surface area (Å²) in [6.45, 7) is 5.99. The predicted molar refractivity (Wildman–Crippen MR) is 66.4 cm³/mol. The highest BCUT2D eigenvalue weighted by molar-refractivity contribution is 5.74. The molecule has 0 bridgehead atoms. The molecular formula is C12H22N2O4. The molecule has 0 spiro atoms. The van der Waals surface area contributed by atoms with Crippen LogP contribution in [0, 0.1) is 5.92 Å². The van der Waals surface area contributed by atoms with Gasteiger partial charge in [-0.05, 0) is 12.3 Å². The van der Waals surface area contributed by atoms with Crippen molar-refractivity contribution in [3.05, 3.63) is 0 Å². The van der Waals surface area contributed by atoms with E-state index in [1.54, 1.807) is 4.90 Å². The number of carbonyl (C=O) groups is 2. The first kappa shape index (κ1) is 14.8. The Labute approximate surface area is 107 Å². The first-order chi connectivity index (χ1) is 8.52. The van der Waals surface area contributed by atoms with Gasteiger partial charge in [0.15, 0.2) is 0 Å². The van der Waals surface area contributed by atoms with Gasteiger partial charge in [0.2, 0.25) is 0 Å². The van der Waals surface area contributed by atoms with Crippen LogP contribution < -0.4 is 5.32 Å². The number of hydrogen-bond acceptors (Lipinski definition) is 3. The Hall–Kier alpha value is -1.30. The monoisotopic (exact) mass is 258 g/mol. The zero-order chi connectivity index (χ0) is 13.5. The third kappa shape index (κ3) is 4.91. The summed E-state index contributed by atoms with van der Waals surface area (Å²) in [6.07, 6.45) is 1.07. The molecule has 1 aliphatic rings. The van der Waals surface area contributed by atoms with Crippen molar-refractivity contribution in [2.24, 2.45) is 5.92 Å². The number of urea groups is 1. The van der Waals surface area contributed by atoms with Crippen molar-refractivity contribution in [1.29, 1.82) is 0 Å². The molecule has 2 N–H and O–H groups in total. The maximum atomic E-state index is 11.9. The number of hydrogen-bond donors (Lipinski definition) is 2. The Morgan fingerprint density at radius 1 is 1.56 bits per heavy atom. The number of rotatable bonds is 5. The molecule has 104 valence electrons. The van der Waals surface area contributed by atoms with Crippen LogP contribution in [0.15, 0.2) is 0 Å². The Kier molecular flexibility index (Phi) is 5.91. The van der Waals surface area contributed by atoms with Gasteiger partial charge in [0.1, 0.15) is 0 Å². The molecule has 0 aromatic rings. The zero-order valence-electron chi connectivity index (χ0n) is 11.0. The van der Waals surface area contributed by atoms with Crippen LogP contribution in [0.25, 0.3) is 0 Å². The number of aliphatic carboxylic acids is 1. The van der Waals surface area contributed by atoms with Crippen molar-refractivity contribution in [2.45, 2.75) is 32.8 Å². The van der Waals surface area contributed by atoms with E-state index >= 15 is 0 Å². The molecule has 1 rings (SSSR count). The highest BCUT2D eigenvalue weighted by Gasteiger charge is 2.23. The van der Waals surface area contributed by atoms with Gasteiger partial charge in [-0.1, -0.05) is 13.8 Å². The van der Waals surface area contributed by atoms with Crippen molar-refractivity contribution in [3.63, 3.8) is 0 Å². The van der Waals surface area contributed by atoms with Gasteiger partial charge in [-0.15, -0.1) is 0 Å². The molecule has 0 radical (unpaired) electrons. The average Bonchev–Trinajstić information content (AvgIpc) is 2.35. The number of amides is 2. The predicted octanol–water partition coefficient (Wildman–Crippen LogP) is 0.918. The number of carbonyl (C=O) groups excluding carboxylic acids is 1. The summed E-state index contributed by atoms with van der Waals surface area (Å²) in [5, 5.41) is 11.4. The Balaban J connectivity index is 2.29. The van der Waals surface area contributed by atoms with E-state index in [1.165, 1.54) is 0 Å². The molecule has 6 nitrogen and oxygen atoms in total. The summed E-state index contributed by atoms with van der Waals surface area (Å²) in [5.74, 6) is -0.899. The molecule has 1 aliphatic heterocycles. The molecule has 2 amide bonds. The lowest BCUT2D eigenvalue weighted by molar-refractivity contribution is -0.137. The largest absolute Gasteiger partial charge is 0.481 e.